The number of para-hydroxylation sites is 1. The Morgan fingerprint density at radius 1 is 0.521 bits per heavy atom. The molecular formula is C43H27N3OS. The van der Waals surface area contributed by atoms with E-state index in [9.17, 15) is 0 Å². The minimum absolute atomic E-state index is 0.668. The van der Waals surface area contributed by atoms with Crippen LogP contribution in [-0.4, -0.2) is 15.0 Å². The minimum atomic E-state index is 0.668. The van der Waals surface area contributed by atoms with Crippen LogP contribution in [0.15, 0.2) is 138 Å². The molecule has 9 aromatic rings. The first kappa shape index (κ1) is 27.2. The summed E-state index contributed by atoms with van der Waals surface area (Å²) in [6.45, 7) is 0. The summed E-state index contributed by atoms with van der Waals surface area (Å²) in [6, 6.07) is 44.4. The topological polar surface area (TPSA) is 51.8 Å². The predicted molar refractivity (Wildman–Crippen MR) is 199 cm³/mol. The van der Waals surface area contributed by atoms with Crippen molar-refractivity contribution in [1.29, 1.82) is 0 Å². The fourth-order valence-corrected chi connectivity index (χ4v) is 8.47. The highest BCUT2D eigenvalue weighted by atomic mass is 32.1. The average molecular weight is 634 g/mol. The van der Waals surface area contributed by atoms with E-state index < -0.39 is 0 Å². The lowest BCUT2D eigenvalue weighted by atomic mass is 9.85. The fourth-order valence-electron chi connectivity index (χ4n) is 7.26. The second kappa shape index (κ2) is 10.8. The van der Waals surface area contributed by atoms with Gasteiger partial charge in [-0.2, -0.15) is 0 Å². The zero-order valence-electron chi connectivity index (χ0n) is 25.9. The highest BCUT2D eigenvalue weighted by Crippen LogP contribution is 2.43. The van der Waals surface area contributed by atoms with E-state index in [1.165, 1.54) is 42.4 Å². The van der Waals surface area contributed by atoms with Crippen molar-refractivity contribution in [2.24, 2.45) is 0 Å². The molecule has 0 aliphatic heterocycles. The van der Waals surface area contributed by atoms with E-state index in [4.69, 9.17) is 19.4 Å². The van der Waals surface area contributed by atoms with Gasteiger partial charge in [-0.1, -0.05) is 109 Å². The van der Waals surface area contributed by atoms with Crippen LogP contribution in [0.5, 0.6) is 0 Å². The fraction of sp³-hybridized carbons (Fsp3) is 0.0465. The molecule has 1 aliphatic carbocycles. The summed E-state index contributed by atoms with van der Waals surface area (Å²) in [6.07, 6.45) is 6.44. The molecule has 4 nitrogen and oxygen atoms in total. The summed E-state index contributed by atoms with van der Waals surface area (Å²) in [7, 11) is 0. The van der Waals surface area contributed by atoms with Crippen LogP contribution in [0.1, 0.15) is 17.5 Å². The zero-order chi connectivity index (χ0) is 31.6. The Kier molecular flexibility index (Phi) is 6.14. The molecule has 5 heteroatoms. The van der Waals surface area contributed by atoms with Gasteiger partial charge in [0.2, 0.25) is 0 Å². The third-order valence-electron chi connectivity index (χ3n) is 9.45. The van der Waals surface area contributed by atoms with E-state index in [-0.39, 0.29) is 0 Å². The van der Waals surface area contributed by atoms with Crippen LogP contribution in [0.25, 0.3) is 93.5 Å². The van der Waals surface area contributed by atoms with Crippen LogP contribution in [0, 0.1) is 0 Å². The second-order valence-corrected chi connectivity index (χ2v) is 13.3. The largest absolute Gasteiger partial charge is 0.456 e. The molecule has 226 valence electrons. The van der Waals surface area contributed by atoms with Crippen molar-refractivity contribution in [1.82, 2.24) is 15.0 Å². The van der Waals surface area contributed by atoms with Gasteiger partial charge in [-0.3, -0.25) is 0 Å². The summed E-state index contributed by atoms with van der Waals surface area (Å²) >= 11 is 1.79. The minimum Gasteiger partial charge on any atom is -0.456 e. The van der Waals surface area contributed by atoms with Gasteiger partial charge in [0.15, 0.2) is 17.5 Å². The third kappa shape index (κ3) is 4.25. The molecule has 0 atom stereocenters. The Morgan fingerprint density at radius 3 is 2.12 bits per heavy atom. The Bertz CT molecular complexity index is 2740. The van der Waals surface area contributed by atoms with E-state index in [0.29, 0.717) is 17.5 Å². The molecule has 3 aromatic heterocycles. The number of furan rings is 1. The Hall–Kier alpha value is -5.91. The van der Waals surface area contributed by atoms with Gasteiger partial charge in [0.1, 0.15) is 11.2 Å². The van der Waals surface area contributed by atoms with Gasteiger partial charge in [0.25, 0.3) is 0 Å². The lowest BCUT2D eigenvalue weighted by molar-refractivity contribution is 0.669. The van der Waals surface area contributed by atoms with Gasteiger partial charge in [-0.15, -0.1) is 11.3 Å². The lowest BCUT2D eigenvalue weighted by Gasteiger charge is -2.20. The molecule has 3 heterocycles. The summed E-state index contributed by atoms with van der Waals surface area (Å²) in [5.74, 6) is 2.03. The molecule has 0 amide bonds. The van der Waals surface area contributed by atoms with Crippen molar-refractivity contribution in [3.8, 4) is 45.3 Å². The van der Waals surface area contributed by atoms with Gasteiger partial charge in [0, 0.05) is 47.6 Å². The molecule has 0 saturated carbocycles. The summed E-state index contributed by atoms with van der Waals surface area (Å²) in [4.78, 5) is 15.5. The van der Waals surface area contributed by atoms with Crippen LogP contribution in [0.2, 0.25) is 0 Å². The van der Waals surface area contributed by atoms with E-state index in [0.717, 1.165) is 51.5 Å². The van der Waals surface area contributed by atoms with Gasteiger partial charge in [0.05, 0.1) is 0 Å². The number of rotatable bonds is 4. The van der Waals surface area contributed by atoms with Crippen LogP contribution >= 0.6 is 11.3 Å². The SMILES string of the molecule is C1=Cc2c(-c3nc(-c4ccccc4)nc(-c4cccc5c4sc4ccccc45)n3)ccc(-c3cccc4oc5ccccc5c34)c2CC1. The van der Waals surface area contributed by atoms with Crippen LogP contribution < -0.4 is 0 Å². The van der Waals surface area contributed by atoms with Gasteiger partial charge < -0.3 is 4.42 Å². The van der Waals surface area contributed by atoms with Gasteiger partial charge >= 0.3 is 0 Å². The summed E-state index contributed by atoms with van der Waals surface area (Å²) < 4.78 is 8.72. The highest BCUT2D eigenvalue weighted by molar-refractivity contribution is 7.26. The highest BCUT2D eigenvalue weighted by Gasteiger charge is 2.22. The zero-order valence-corrected chi connectivity index (χ0v) is 26.7. The molecule has 10 rings (SSSR count). The van der Waals surface area contributed by atoms with Crippen LogP contribution in [0.4, 0.5) is 0 Å². The Morgan fingerprint density at radius 2 is 1.21 bits per heavy atom. The van der Waals surface area contributed by atoms with Crippen molar-refractivity contribution in [2.75, 3.05) is 0 Å². The van der Waals surface area contributed by atoms with Crippen molar-refractivity contribution in [3.63, 3.8) is 0 Å². The first-order valence-electron chi connectivity index (χ1n) is 16.3. The first-order valence-corrected chi connectivity index (χ1v) is 17.1. The monoisotopic (exact) mass is 633 g/mol. The van der Waals surface area contributed by atoms with Crippen LogP contribution in [-0.2, 0) is 6.42 Å². The molecule has 0 unspecified atom stereocenters. The van der Waals surface area contributed by atoms with Gasteiger partial charge in [-0.05, 0) is 65.4 Å². The molecule has 0 radical (unpaired) electrons. The number of aromatic nitrogens is 3. The second-order valence-electron chi connectivity index (χ2n) is 12.2. The van der Waals surface area contributed by atoms with E-state index in [1.807, 2.05) is 30.3 Å². The quantitative estimate of drug-likeness (QED) is 0.193. The maximum absolute atomic E-state index is 6.27. The number of benzene rings is 6. The third-order valence-corrected chi connectivity index (χ3v) is 10.7. The van der Waals surface area contributed by atoms with Crippen molar-refractivity contribution < 1.29 is 4.42 Å². The molecule has 0 N–H and O–H groups in total. The molecule has 0 saturated heterocycles. The molecule has 0 spiro atoms. The van der Waals surface area contributed by atoms with E-state index in [1.54, 1.807) is 11.3 Å². The van der Waals surface area contributed by atoms with Crippen molar-refractivity contribution in [2.45, 2.75) is 12.8 Å². The summed E-state index contributed by atoms with van der Waals surface area (Å²) in [5.41, 5.74) is 9.70. The maximum Gasteiger partial charge on any atom is 0.165 e. The average Bonchev–Trinajstić information content (AvgIpc) is 3.73. The Labute approximate surface area is 280 Å². The molecule has 0 bridgehead atoms. The molecule has 6 aromatic carbocycles. The van der Waals surface area contributed by atoms with Crippen molar-refractivity contribution in [3.05, 3.63) is 145 Å². The first-order chi connectivity index (χ1) is 23.8. The molecule has 0 fully saturated rings. The smallest absolute Gasteiger partial charge is 0.165 e. The number of hydrogen-bond donors (Lipinski definition) is 0. The molecule has 1 aliphatic rings. The number of allylic oxidation sites excluding steroid dienone is 1. The molecular weight excluding hydrogens is 607 g/mol. The number of nitrogens with zero attached hydrogens (tertiary/aromatic N) is 3. The van der Waals surface area contributed by atoms with Crippen LogP contribution in [0.3, 0.4) is 0 Å². The maximum atomic E-state index is 6.27. The van der Waals surface area contributed by atoms with Crippen molar-refractivity contribution >= 4 is 59.5 Å². The van der Waals surface area contributed by atoms with E-state index in [2.05, 4.69) is 109 Å². The Balaban J connectivity index is 1.21. The predicted octanol–water partition coefficient (Wildman–Crippen LogP) is 11.8. The lowest BCUT2D eigenvalue weighted by Crippen LogP contribution is -2.05. The number of fused-ring (bicyclic) bond motifs is 7. The number of hydrogen-bond acceptors (Lipinski definition) is 5. The van der Waals surface area contributed by atoms with E-state index >= 15 is 0 Å². The standard InChI is InChI=1S/C43H27N3OS/c1-2-12-26(13-3-1)41-44-42(46-43(45-41)35-20-10-19-32-30-16-7-9-23-38(30)48-40(32)35)33-25-24-29(27-14-4-5-15-28(27)33)31-18-11-22-37-39(31)34-17-6-8-21-36(34)47-37/h1-3,5-13,15-25H,4,14H2. The number of thiophene rings is 1. The summed E-state index contributed by atoms with van der Waals surface area (Å²) in [5, 5.41) is 4.77. The van der Waals surface area contributed by atoms with Gasteiger partial charge in [-0.25, -0.2) is 15.0 Å². The normalized spacial score (nSPS) is 12.8. The molecule has 48 heavy (non-hydrogen) atoms.